The first-order valence-electron chi connectivity index (χ1n) is 7.79. The highest BCUT2D eigenvalue weighted by Gasteiger charge is 2.11. The van der Waals surface area contributed by atoms with Crippen LogP contribution in [0.15, 0.2) is 63.9 Å². The lowest BCUT2D eigenvalue weighted by atomic mass is 10.2. The highest BCUT2D eigenvalue weighted by Crippen LogP contribution is 2.22. The Morgan fingerprint density at radius 3 is 2.42 bits per heavy atom. The standard InChI is InChI=1S/C18H16N4O3S/c1-12(23)19-14-7-9-15(10-8-14)26-11-16(24)20-18-22-21-17(25-18)13-5-3-2-4-6-13/h2-10H,11H2,1H3,(H,19,23)(H,20,22,24). The molecule has 1 heterocycles. The minimum absolute atomic E-state index is 0.0652. The van der Waals surface area contributed by atoms with E-state index in [2.05, 4.69) is 20.8 Å². The third-order valence-electron chi connectivity index (χ3n) is 3.24. The Kier molecular flexibility index (Phi) is 5.65. The van der Waals surface area contributed by atoms with Crippen LogP contribution in [0.5, 0.6) is 0 Å². The minimum Gasteiger partial charge on any atom is -0.403 e. The first-order valence-corrected chi connectivity index (χ1v) is 8.78. The van der Waals surface area contributed by atoms with Gasteiger partial charge in [-0.15, -0.1) is 16.9 Å². The van der Waals surface area contributed by atoms with Crippen molar-refractivity contribution in [1.82, 2.24) is 10.2 Å². The Balaban J connectivity index is 1.51. The predicted molar refractivity (Wildman–Crippen MR) is 99.8 cm³/mol. The summed E-state index contributed by atoms with van der Waals surface area (Å²) >= 11 is 1.36. The van der Waals surface area contributed by atoms with E-state index in [1.165, 1.54) is 18.7 Å². The lowest BCUT2D eigenvalue weighted by molar-refractivity contribution is -0.114. The molecular formula is C18H16N4O3S. The zero-order valence-electron chi connectivity index (χ0n) is 13.9. The van der Waals surface area contributed by atoms with Crippen molar-refractivity contribution in [2.45, 2.75) is 11.8 Å². The van der Waals surface area contributed by atoms with Gasteiger partial charge in [0.05, 0.1) is 5.75 Å². The molecule has 2 amide bonds. The van der Waals surface area contributed by atoms with Crippen LogP contribution in [-0.4, -0.2) is 27.8 Å². The number of carbonyl (C=O) groups is 2. The molecule has 0 spiro atoms. The zero-order valence-corrected chi connectivity index (χ0v) is 14.7. The van der Waals surface area contributed by atoms with Gasteiger partial charge in [0.2, 0.25) is 17.7 Å². The molecule has 0 aliphatic carbocycles. The Morgan fingerprint density at radius 2 is 1.73 bits per heavy atom. The van der Waals surface area contributed by atoms with E-state index in [0.29, 0.717) is 11.6 Å². The summed E-state index contributed by atoms with van der Waals surface area (Å²) in [6, 6.07) is 16.6. The lowest BCUT2D eigenvalue weighted by Gasteiger charge is -2.04. The van der Waals surface area contributed by atoms with Crippen molar-refractivity contribution in [2.24, 2.45) is 0 Å². The van der Waals surface area contributed by atoms with Gasteiger partial charge in [-0.2, -0.15) is 0 Å². The number of amides is 2. The van der Waals surface area contributed by atoms with Crippen LogP contribution in [0.2, 0.25) is 0 Å². The molecule has 3 rings (SSSR count). The Labute approximate surface area is 154 Å². The smallest absolute Gasteiger partial charge is 0.322 e. The summed E-state index contributed by atoms with van der Waals surface area (Å²) in [5, 5.41) is 13.0. The maximum Gasteiger partial charge on any atom is 0.322 e. The van der Waals surface area contributed by atoms with Gasteiger partial charge in [0.25, 0.3) is 0 Å². The summed E-state index contributed by atoms with van der Waals surface area (Å²) in [5.74, 6) is 0.174. The van der Waals surface area contributed by atoms with Crippen molar-refractivity contribution in [3.05, 3.63) is 54.6 Å². The monoisotopic (exact) mass is 368 g/mol. The lowest BCUT2D eigenvalue weighted by Crippen LogP contribution is -2.14. The largest absolute Gasteiger partial charge is 0.403 e. The predicted octanol–water partition coefficient (Wildman–Crippen LogP) is 3.43. The summed E-state index contributed by atoms with van der Waals surface area (Å²) in [7, 11) is 0. The molecule has 0 saturated carbocycles. The summed E-state index contributed by atoms with van der Waals surface area (Å²) in [4.78, 5) is 23.9. The number of carbonyl (C=O) groups excluding carboxylic acids is 2. The average Bonchev–Trinajstić information content (AvgIpc) is 3.10. The molecule has 0 radical (unpaired) electrons. The molecule has 0 bridgehead atoms. The van der Waals surface area contributed by atoms with E-state index in [1.54, 1.807) is 12.1 Å². The van der Waals surface area contributed by atoms with Gasteiger partial charge >= 0.3 is 6.01 Å². The molecule has 26 heavy (non-hydrogen) atoms. The molecule has 0 unspecified atom stereocenters. The Hall–Kier alpha value is -3.13. The van der Waals surface area contributed by atoms with Gasteiger partial charge in [0.1, 0.15) is 0 Å². The zero-order chi connectivity index (χ0) is 18.4. The van der Waals surface area contributed by atoms with Gasteiger partial charge < -0.3 is 9.73 Å². The first-order chi connectivity index (χ1) is 12.6. The molecule has 132 valence electrons. The van der Waals surface area contributed by atoms with E-state index in [1.807, 2.05) is 42.5 Å². The molecule has 2 N–H and O–H groups in total. The third kappa shape index (κ3) is 4.93. The van der Waals surface area contributed by atoms with E-state index in [0.717, 1.165) is 10.5 Å². The summed E-state index contributed by atoms with van der Waals surface area (Å²) < 4.78 is 5.44. The van der Waals surface area contributed by atoms with Gasteiger partial charge in [-0.3, -0.25) is 14.9 Å². The number of aromatic nitrogens is 2. The van der Waals surface area contributed by atoms with Crippen LogP contribution >= 0.6 is 11.8 Å². The number of hydrogen-bond acceptors (Lipinski definition) is 6. The van der Waals surface area contributed by atoms with Gasteiger partial charge in [0.15, 0.2) is 0 Å². The SMILES string of the molecule is CC(=O)Nc1ccc(SCC(=O)Nc2nnc(-c3ccccc3)o2)cc1. The van der Waals surface area contributed by atoms with Crippen molar-refractivity contribution >= 4 is 35.3 Å². The van der Waals surface area contributed by atoms with Crippen molar-refractivity contribution in [2.75, 3.05) is 16.4 Å². The van der Waals surface area contributed by atoms with Crippen molar-refractivity contribution in [1.29, 1.82) is 0 Å². The fourth-order valence-corrected chi connectivity index (χ4v) is 2.81. The van der Waals surface area contributed by atoms with Crippen molar-refractivity contribution < 1.29 is 14.0 Å². The van der Waals surface area contributed by atoms with Crippen LogP contribution in [0.4, 0.5) is 11.7 Å². The fourth-order valence-electron chi connectivity index (χ4n) is 2.11. The van der Waals surface area contributed by atoms with Crippen LogP contribution in [-0.2, 0) is 9.59 Å². The maximum absolute atomic E-state index is 12.0. The van der Waals surface area contributed by atoms with E-state index >= 15 is 0 Å². The second-order valence-electron chi connectivity index (χ2n) is 5.32. The second-order valence-corrected chi connectivity index (χ2v) is 6.37. The van der Waals surface area contributed by atoms with Crippen LogP contribution in [0.1, 0.15) is 6.92 Å². The molecule has 0 aliphatic rings. The molecule has 0 aliphatic heterocycles. The Bertz CT molecular complexity index is 894. The molecule has 8 heteroatoms. The van der Waals surface area contributed by atoms with Crippen molar-refractivity contribution in [3.8, 4) is 11.5 Å². The van der Waals surface area contributed by atoms with E-state index < -0.39 is 0 Å². The van der Waals surface area contributed by atoms with E-state index in [-0.39, 0.29) is 23.6 Å². The minimum atomic E-state index is -0.246. The summed E-state index contributed by atoms with van der Waals surface area (Å²) in [6.45, 7) is 1.45. The number of thioether (sulfide) groups is 1. The number of anilines is 2. The van der Waals surface area contributed by atoms with Crippen LogP contribution in [0, 0.1) is 0 Å². The molecule has 1 aromatic heterocycles. The van der Waals surface area contributed by atoms with Gasteiger partial charge in [-0.1, -0.05) is 23.3 Å². The molecule has 2 aromatic carbocycles. The number of benzene rings is 2. The highest BCUT2D eigenvalue weighted by molar-refractivity contribution is 8.00. The third-order valence-corrected chi connectivity index (χ3v) is 4.25. The van der Waals surface area contributed by atoms with E-state index in [9.17, 15) is 9.59 Å². The van der Waals surface area contributed by atoms with E-state index in [4.69, 9.17) is 4.42 Å². The second kappa shape index (κ2) is 8.30. The van der Waals surface area contributed by atoms with Crippen LogP contribution in [0.25, 0.3) is 11.5 Å². The molecular weight excluding hydrogens is 352 g/mol. The van der Waals surface area contributed by atoms with Gasteiger partial charge in [-0.05, 0) is 36.4 Å². The molecule has 0 atom stereocenters. The topological polar surface area (TPSA) is 97.1 Å². The Morgan fingerprint density at radius 1 is 1.00 bits per heavy atom. The molecule has 3 aromatic rings. The normalized spacial score (nSPS) is 10.3. The number of nitrogens with one attached hydrogen (secondary N) is 2. The first kappa shape index (κ1) is 17.7. The number of hydrogen-bond donors (Lipinski definition) is 2. The number of rotatable bonds is 6. The molecule has 7 nitrogen and oxygen atoms in total. The van der Waals surface area contributed by atoms with Crippen LogP contribution in [0.3, 0.4) is 0 Å². The van der Waals surface area contributed by atoms with Gasteiger partial charge in [-0.25, -0.2) is 0 Å². The maximum atomic E-state index is 12.0. The van der Waals surface area contributed by atoms with Gasteiger partial charge in [0, 0.05) is 23.1 Å². The average molecular weight is 368 g/mol. The highest BCUT2D eigenvalue weighted by atomic mass is 32.2. The van der Waals surface area contributed by atoms with Crippen LogP contribution < -0.4 is 10.6 Å². The fraction of sp³-hybridized carbons (Fsp3) is 0.111. The summed E-state index contributed by atoms with van der Waals surface area (Å²) in [6.07, 6.45) is 0. The number of nitrogens with zero attached hydrogens (tertiary/aromatic N) is 2. The molecule has 0 fully saturated rings. The summed E-state index contributed by atoms with van der Waals surface area (Å²) in [5.41, 5.74) is 1.50. The quantitative estimate of drug-likeness (QED) is 0.647. The molecule has 0 saturated heterocycles. The van der Waals surface area contributed by atoms with Crippen molar-refractivity contribution in [3.63, 3.8) is 0 Å².